The summed E-state index contributed by atoms with van der Waals surface area (Å²) in [6, 6.07) is 5.28. The smallest absolute Gasteiger partial charge is 0.162 e. The van der Waals surface area contributed by atoms with E-state index in [1.165, 1.54) is 6.42 Å². The third kappa shape index (κ3) is 3.28. The van der Waals surface area contributed by atoms with Crippen LogP contribution in [-0.4, -0.2) is 19.5 Å². The van der Waals surface area contributed by atoms with Crippen LogP contribution in [0.1, 0.15) is 43.5 Å². The van der Waals surface area contributed by atoms with Crippen molar-refractivity contribution < 1.29 is 14.3 Å². The number of rotatable bonds is 4. The predicted molar refractivity (Wildman–Crippen MR) is 75.0 cm³/mol. The first-order valence-corrected chi connectivity index (χ1v) is 6.94. The van der Waals surface area contributed by atoms with Gasteiger partial charge in [-0.25, -0.2) is 0 Å². The van der Waals surface area contributed by atoms with Crippen molar-refractivity contribution in [3.05, 3.63) is 23.8 Å². The molecule has 1 aromatic carbocycles. The monoisotopic (exact) mass is 262 g/mol. The number of hydrogen-bond donors (Lipinski definition) is 0. The summed E-state index contributed by atoms with van der Waals surface area (Å²) >= 11 is 0. The van der Waals surface area contributed by atoms with Crippen LogP contribution in [0.3, 0.4) is 0 Å². The molecule has 1 aliphatic carbocycles. The fourth-order valence-electron chi connectivity index (χ4n) is 2.64. The lowest BCUT2D eigenvalue weighted by atomic mass is 9.80. The largest absolute Gasteiger partial charge is 0.493 e. The van der Waals surface area contributed by atoms with Crippen LogP contribution in [0.25, 0.3) is 0 Å². The topological polar surface area (TPSA) is 35.5 Å². The number of carbonyl (C=O) groups excluding carboxylic acids is 1. The minimum Gasteiger partial charge on any atom is -0.493 e. The van der Waals surface area contributed by atoms with E-state index in [4.69, 9.17) is 9.47 Å². The van der Waals surface area contributed by atoms with Gasteiger partial charge in [0, 0.05) is 5.56 Å². The van der Waals surface area contributed by atoms with Crippen molar-refractivity contribution in [2.75, 3.05) is 7.11 Å². The lowest BCUT2D eigenvalue weighted by Crippen LogP contribution is -2.28. The summed E-state index contributed by atoms with van der Waals surface area (Å²) in [5.74, 6) is 2.82. The third-order valence-electron chi connectivity index (χ3n) is 4.17. The summed E-state index contributed by atoms with van der Waals surface area (Å²) in [6.45, 7) is 4.58. The fourth-order valence-corrected chi connectivity index (χ4v) is 2.64. The standard InChI is InChI=1S/C16H22O3/c1-11-4-6-14(8-12(11)2)19-16-9-13(10-17)5-7-15(16)18-3/h5,7,9-12,14H,4,6,8H2,1-3H3. The summed E-state index contributed by atoms with van der Waals surface area (Å²) in [5.41, 5.74) is 0.619. The Balaban J connectivity index is 2.11. The van der Waals surface area contributed by atoms with Crippen LogP contribution in [-0.2, 0) is 0 Å². The molecule has 104 valence electrons. The maximum atomic E-state index is 10.8. The van der Waals surface area contributed by atoms with Crippen molar-refractivity contribution in [1.82, 2.24) is 0 Å². The van der Waals surface area contributed by atoms with Crippen LogP contribution < -0.4 is 9.47 Å². The molecule has 0 saturated heterocycles. The van der Waals surface area contributed by atoms with Gasteiger partial charge in [-0.3, -0.25) is 4.79 Å². The molecule has 0 bridgehead atoms. The molecule has 0 amide bonds. The van der Waals surface area contributed by atoms with Crippen LogP contribution in [0.15, 0.2) is 18.2 Å². The van der Waals surface area contributed by atoms with Gasteiger partial charge in [-0.05, 0) is 49.3 Å². The van der Waals surface area contributed by atoms with Crippen molar-refractivity contribution in [3.63, 3.8) is 0 Å². The number of benzene rings is 1. The lowest BCUT2D eigenvalue weighted by Gasteiger charge is -2.32. The van der Waals surface area contributed by atoms with Crippen LogP contribution in [0.4, 0.5) is 0 Å². The van der Waals surface area contributed by atoms with Crippen molar-refractivity contribution >= 4 is 6.29 Å². The molecular weight excluding hydrogens is 240 g/mol. The van der Waals surface area contributed by atoms with Crippen molar-refractivity contribution in [3.8, 4) is 11.5 Å². The van der Waals surface area contributed by atoms with Crippen molar-refractivity contribution in [2.45, 2.75) is 39.2 Å². The Hall–Kier alpha value is -1.51. The zero-order valence-corrected chi connectivity index (χ0v) is 11.9. The van der Waals surface area contributed by atoms with E-state index in [1.54, 1.807) is 25.3 Å². The van der Waals surface area contributed by atoms with Gasteiger partial charge in [-0.2, -0.15) is 0 Å². The molecular formula is C16H22O3. The van der Waals surface area contributed by atoms with E-state index in [0.717, 1.165) is 25.0 Å². The van der Waals surface area contributed by atoms with E-state index in [1.807, 2.05) is 0 Å². The van der Waals surface area contributed by atoms with Gasteiger partial charge in [0.05, 0.1) is 13.2 Å². The first-order valence-electron chi connectivity index (χ1n) is 6.94. The SMILES string of the molecule is COc1ccc(C=O)cc1OC1CCC(C)C(C)C1. The normalized spacial score (nSPS) is 26.8. The second kappa shape index (κ2) is 6.09. The van der Waals surface area contributed by atoms with Crippen molar-refractivity contribution in [1.29, 1.82) is 0 Å². The summed E-state index contributed by atoms with van der Waals surface area (Å²) in [6.07, 6.45) is 4.39. The summed E-state index contributed by atoms with van der Waals surface area (Å²) in [7, 11) is 1.62. The Morgan fingerprint density at radius 3 is 2.58 bits per heavy atom. The maximum Gasteiger partial charge on any atom is 0.162 e. The molecule has 3 unspecified atom stereocenters. The second-order valence-corrected chi connectivity index (χ2v) is 5.54. The zero-order chi connectivity index (χ0) is 13.8. The Bertz CT molecular complexity index is 442. The molecule has 2 rings (SSSR count). The zero-order valence-electron chi connectivity index (χ0n) is 11.9. The Morgan fingerprint density at radius 2 is 1.95 bits per heavy atom. The average Bonchev–Trinajstić information content (AvgIpc) is 2.43. The highest BCUT2D eigenvalue weighted by atomic mass is 16.5. The second-order valence-electron chi connectivity index (χ2n) is 5.54. The molecule has 0 N–H and O–H groups in total. The summed E-state index contributed by atoms with van der Waals surface area (Å²) in [5, 5.41) is 0. The summed E-state index contributed by atoms with van der Waals surface area (Å²) in [4.78, 5) is 10.8. The molecule has 3 nitrogen and oxygen atoms in total. The number of ether oxygens (including phenoxy) is 2. The van der Waals surface area contributed by atoms with Crippen molar-refractivity contribution in [2.24, 2.45) is 11.8 Å². The first kappa shape index (κ1) is 13.9. The molecule has 0 spiro atoms. The minimum absolute atomic E-state index is 0.224. The van der Waals surface area contributed by atoms with Crippen LogP contribution in [0.2, 0.25) is 0 Å². The highest BCUT2D eigenvalue weighted by Crippen LogP contribution is 2.35. The highest BCUT2D eigenvalue weighted by Gasteiger charge is 2.26. The van der Waals surface area contributed by atoms with Gasteiger partial charge in [0.25, 0.3) is 0 Å². The number of carbonyl (C=O) groups is 1. The van der Waals surface area contributed by atoms with Crippen LogP contribution in [0, 0.1) is 11.8 Å². The van der Waals surface area contributed by atoms with E-state index in [9.17, 15) is 4.79 Å². The van der Waals surface area contributed by atoms with E-state index < -0.39 is 0 Å². The maximum absolute atomic E-state index is 10.8. The quantitative estimate of drug-likeness (QED) is 0.776. The van der Waals surface area contributed by atoms with E-state index in [0.29, 0.717) is 23.0 Å². The van der Waals surface area contributed by atoms with Gasteiger partial charge in [0.2, 0.25) is 0 Å². The molecule has 1 aliphatic rings. The van der Waals surface area contributed by atoms with Crippen LogP contribution >= 0.6 is 0 Å². The minimum atomic E-state index is 0.224. The Morgan fingerprint density at radius 1 is 1.16 bits per heavy atom. The molecule has 0 radical (unpaired) electrons. The average molecular weight is 262 g/mol. The number of aldehydes is 1. The molecule has 0 aromatic heterocycles. The van der Waals surface area contributed by atoms with E-state index in [-0.39, 0.29) is 6.10 Å². The van der Waals surface area contributed by atoms with Gasteiger partial charge in [-0.15, -0.1) is 0 Å². The molecule has 3 heteroatoms. The third-order valence-corrected chi connectivity index (χ3v) is 4.17. The fraction of sp³-hybridized carbons (Fsp3) is 0.562. The molecule has 19 heavy (non-hydrogen) atoms. The Kier molecular flexibility index (Phi) is 4.46. The van der Waals surface area contributed by atoms with E-state index >= 15 is 0 Å². The van der Waals surface area contributed by atoms with Gasteiger partial charge in [0.15, 0.2) is 11.5 Å². The molecule has 0 aliphatic heterocycles. The lowest BCUT2D eigenvalue weighted by molar-refractivity contribution is 0.0973. The predicted octanol–water partition coefficient (Wildman–Crippen LogP) is 3.71. The first-order chi connectivity index (χ1) is 9.13. The number of methoxy groups -OCH3 is 1. The van der Waals surface area contributed by atoms with Gasteiger partial charge in [-0.1, -0.05) is 13.8 Å². The van der Waals surface area contributed by atoms with E-state index in [2.05, 4.69) is 13.8 Å². The van der Waals surface area contributed by atoms with Gasteiger partial charge < -0.3 is 9.47 Å². The Labute approximate surface area is 114 Å². The highest BCUT2D eigenvalue weighted by molar-refractivity contribution is 5.76. The molecule has 0 heterocycles. The van der Waals surface area contributed by atoms with Crippen LogP contribution in [0.5, 0.6) is 11.5 Å². The molecule has 3 atom stereocenters. The van der Waals surface area contributed by atoms with Gasteiger partial charge in [0.1, 0.15) is 6.29 Å². The molecule has 1 saturated carbocycles. The molecule has 1 fully saturated rings. The molecule has 1 aromatic rings. The number of hydrogen-bond acceptors (Lipinski definition) is 3. The summed E-state index contributed by atoms with van der Waals surface area (Å²) < 4.78 is 11.3. The van der Waals surface area contributed by atoms with Gasteiger partial charge >= 0.3 is 0 Å².